The summed E-state index contributed by atoms with van der Waals surface area (Å²) in [5.41, 5.74) is 20.4. The molecule has 0 amide bonds. The van der Waals surface area contributed by atoms with Gasteiger partial charge in [0.05, 0.1) is 51.8 Å². The van der Waals surface area contributed by atoms with Crippen LogP contribution >= 0.6 is 0 Å². The zero-order valence-corrected chi connectivity index (χ0v) is 28.4. The highest BCUT2D eigenvalue weighted by Gasteiger charge is 2.33. The molecule has 232 valence electrons. The Labute approximate surface area is 264 Å². The van der Waals surface area contributed by atoms with Crippen LogP contribution in [0.2, 0.25) is 0 Å². The number of allylic oxidation sites excluding steroid dienone is 9. The fourth-order valence-electron chi connectivity index (χ4n) is 7.77. The highest BCUT2D eigenvalue weighted by Crippen LogP contribution is 2.43. The Morgan fingerprint density at radius 1 is 0.545 bits per heavy atom. The first-order valence-electron chi connectivity index (χ1n) is 17.1. The predicted octanol–water partition coefficient (Wildman–Crippen LogP) is 10.7. The Kier molecular flexibility index (Phi) is 9.43. The predicted molar refractivity (Wildman–Crippen MR) is 189 cm³/mol. The van der Waals surface area contributed by atoms with Crippen LogP contribution in [-0.4, -0.2) is 27.2 Å². The number of aromatic amines is 1. The second-order valence-electron chi connectivity index (χ2n) is 11.8. The lowest BCUT2D eigenvalue weighted by Crippen LogP contribution is -2.07. The number of nitrogens with one attached hydrogen (secondary N) is 1. The Morgan fingerprint density at radius 2 is 1.07 bits per heavy atom. The number of aliphatic imine (C=N–C) groups is 3. The van der Waals surface area contributed by atoms with Crippen LogP contribution in [0.4, 0.5) is 0 Å². The van der Waals surface area contributed by atoms with Gasteiger partial charge in [0.25, 0.3) is 0 Å². The van der Waals surface area contributed by atoms with E-state index in [1.165, 1.54) is 56.4 Å². The van der Waals surface area contributed by atoms with Crippen molar-refractivity contribution in [3.8, 4) is 0 Å². The van der Waals surface area contributed by atoms with E-state index in [9.17, 15) is 5.11 Å². The molecule has 0 fully saturated rings. The molecule has 4 aliphatic rings. The standard InChI is InChI=1S/C39H50N4O/c1-10-22-26(14-5)36-30(18-9)37-27(15-6)23(11-2)33(41-37)20-35-25(13-4)29(17-8)39(43-35)31(21-44)38-28(16-7)24(12-3)34(42-38)19-32(22)40-36/h19-21,42,44H,10-18H2,1-9H3/b31-21+,32-19?,35-20?,37-30?. The summed E-state index contributed by atoms with van der Waals surface area (Å²) >= 11 is 0. The fourth-order valence-corrected chi connectivity index (χ4v) is 7.77. The van der Waals surface area contributed by atoms with E-state index in [0.717, 1.165) is 109 Å². The summed E-state index contributed by atoms with van der Waals surface area (Å²) in [4.78, 5) is 19.9. The molecule has 0 saturated heterocycles. The van der Waals surface area contributed by atoms with Gasteiger partial charge in [0, 0.05) is 11.3 Å². The molecule has 1 aromatic rings. The van der Waals surface area contributed by atoms with E-state index in [1.807, 2.05) is 0 Å². The van der Waals surface area contributed by atoms with E-state index in [4.69, 9.17) is 15.0 Å². The van der Waals surface area contributed by atoms with Gasteiger partial charge in [0.2, 0.25) is 0 Å². The lowest BCUT2D eigenvalue weighted by Gasteiger charge is -2.13. The summed E-state index contributed by atoms with van der Waals surface area (Å²) in [6, 6.07) is 0. The van der Waals surface area contributed by atoms with Crippen LogP contribution in [0.1, 0.15) is 130 Å². The molecule has 2 N–H and O–H groups in total. The average Bonchev–Trinajstić information content (AvgIpc) is 3.77. The number of H-pyrrole nitrogens is 1. The largest absolute Gasteiger partial charge is 0.515 e. The van der Waals surface area contributed by atoms with Crippen LogP contribution in [0.15, 0.2) is 83.4 Å². The zero-order valence-electron chi connectivity index (χ0n) is 28.4. The van der Waals surface area contributed by atoms with Crippen LogP contribution in [-0.2, 0) is 12.8 Å². The molecular formula is C39H50N4O. The number of hydrogen-bond acceptors (Lipinski definition) is 4. The second-order valence-corrected chi connectivity index (χ2v) is 11.8. The van der Waals surface area contributed by atoms with Gasteiger partial charge in [0.1, 0.15) is 0 Å². The number of nitrogens with zero attached hydrogens (tertiary/aromatic N) is 3. The van der Waals surface area contributed by atoms with Gasteiger partial charge in [-0.05, 0) is 115 Å². The molecule has 0 atom stereocenters. The summed E-state index contributed by atoms with van der Waals surface area (Å²) < 4.78 is 0. The first-order valence-corrected chi connectivity index (χ1v) is 17.1. The SMILES string of the molecule is CCC1=C(CC)C2=NC1=Cc1[nH]c(c(CC)c1CC)/C(=C\O)C1=NC(=CC3=NC(=C2CC)C(CC)=C3CC)C(CC)=C1CC. The quantitative estimate of drug-likeness (QED) is 0.276. The molecule has 5 rings (SSSR count). The average molecular weight is 591 g/mol. The number of fused-ring (bicyclic) bond motifs is 5. The highest BCUT2D eigenvalue weighted by molar-refractivity contribution is 6.33. The van der Waals surface area contributed by atoms with Crippen LogP contribution in [0.5, 0.6) is 0 Å². The van der Waals surface area contributed by atoms with E-state index >= 15 is 0 Å². The van der Waals surface area contributed by atoms with Crippen molar-refractivity contribution in [2.75, 3.05) is 0 Å². The molecule has 44 heavy (non-hydrogen) atoms. The molecule has 0 aliphatic carbocycles. The molecule has 4 aliphatic heterocycles. The van der Waals surface area contributed by atoms with Gasteiger partial charge in [-0.3, -0.25) is 0 Å². The molecule has 0 radical (unpaired) electrons. The Morgan fingerprint density at radius 3 is 1.59 bits per heavy atom. The summed E-state index contributed by atoms with van der Waals surface area (Å²) in [5, 5.41) is 10.9. The highest BCUT2D eigenvalue weighted by atomic mass is 16.2. The van der Waals surface area contributed by atoms with Gasteiger partial charge in [-0.25, -0.2) is 15.0 Å². The van der Waals surface area contributed by atoms with Gasteiger partial charge in [-0.1, -0.05) is 62.3 Å². The summed E-state index contributed by atoms with van der Waals surface area (Å²) in [6.07, 6.45) is 13.7. The number of aliphatic hydroxyl groups is 1. The molecule has 5 nitrogen and oxygen atoms in total. The summed E-state index contributed by atoms with van der Waals surface area (Å²) in [6.45, 7) is 20.0. The van der Waals surface area contributed by atoms with E-state index in [1.54, 1.807) is 0 Å². The van der Waals surface area contributed by atoms with E-state index in [2.05, 4.69) is 79.4 Å². The lowest BCUT2D eigenvalue weighted by molar-refractivity contribution is 0.476. The molecule has 0 unspecified atom stereocenters. The normalized spacial score (nSPS) is 19.4. The zero-order chi connectivity index (χ0) is 31.7. The minimum Gasteiger partial charge on any atom is -0.515 e. The van der Waals surface area contributed by atoms with Crippen molar-refractivity contribution in [3.05, 3.63) is 91.0 Å². The maximum absolute atomic E-state index is 10.9. The van der Waals surface area contributed by atoms with Crippen molar-refractivity contribution in [3.63, 3.8) is 0 Å². The monoisotopic (exact) mass is 590 g/mol. The number of hydrogen-bond donors (Lipinski definition) is 2. The maximum atomic E-state index is 10.9. The Balaban J connectivity index is 1.96. The van der Waals surface area contributed by atoms with Gasteiger partial charge in [0.15, 0.2) is 0 Å². The van der Waals surface area contributed by atoms with E-state index < -0.39 is 0 Å². The maximum Gasteiger partial charge on any atom is 0.0907 e. The molecule has 5 heterocycles. The minimum atomic E-state index is 0.762. The minimum absolute atomic E-state index is 0.762. The third kappa shape index (κ3) is 4.89. The molecule has 0 aromatic carbocycles. The third-order valence-corrected chi connectivity index (χ3v) is 9.79. The van der Waals surface area contributed by atoms with E-state index in [-0.39, 0.29) is 0 Å². The van der Waals surface area contributed by atoms with Gasteiger partial charge in [-0.15, -0.1) is 0 Å². The molecule has 8 bridgehead atoms. The fraction of sp³-hybridized carbons (Fsp3) is 0.462. The van der Waals surface area contributed by atoms with Gasteiger partial charge in [-0.2, -0.15) is 0 Å². The van der Waals surface area contributed by atoms with Crippen molar-refractivity contribution in [2.45, 2.75) is 120 Å². The number of aromatic nitrogens is 1. The van der Waals surface area contributed by atoms with Crippen molar-refractivity contribution in [1.82, 2.24) is 4.98 Å². The first kappa shape index (κ1) is 31.7. The Hall–Kier alpha value is -3.73. The van der Waals surface area contributed by atoms with Crippen LogP contribution in [0, 0.1) is 0 Å². The Bertz CT molecular complexity index is 1700. The molecule has 5 heteroatoms. The van der Waals surface area contributed by atoms with Crippen molar-refractivity contribution in [2.24, 2.45) is 15.0 Å². The smallest absolute Gasteiger partial charge is 0.0907 e. The molecule has 0 spiro atoms. The van der Waals surface area contributed by atoms with Crippen LogP contribution < -0.4 is 0 Å². The topological polar surface area (TPSA) is 73.1 Å². The van der Waals surface area contributed by atoms with Gasteiger partial charge >= 0.3 is 0 Å². The van der Waals surface area contributed by atoms with Crippen LogP contribution in [0.25, 0.3) is 11.6 Å². The van der Waals surface area contributed by atoms with E-state index in [0.29, 0.717) is 0 Å². The van der Waals surface area contributed by atoms with Crippen molar-refractivity contribution in [1.29, 1.82) is 0 Å². The second kappa shape index (κ2) is 13.1. The van der Waals surface area contributed by atoms with Crippen LogP contribution in [0.3, 0.4) is 0 Å². The third-order valence-electron chi connectivity index (χ3n) is 9.79. The molecule has 0 saturated carbocycles. The summed E-state index contributed by atoms with van der Waals surface area (Å²) in [5.74, 6) is 0. The lowest BCUT2D eigenvalue weighted by atomic mass is 9.90. The molecular weight excluding hydrogens is 540 g/mol. The molecule has 1 aromatic heterocycles. The number of aliphatic hydroxyl groups excluding tert-OH is 1. The summed E-state index contributed by atoms with van der Waals surface area (Å²) in [7, 11) is 0. The first-order chi connectivity index (χ1) is 21.4. The van der Waals surface area contributed by atoms with Crippen molar-refractivity contribution >= 4 is 28.8 Å². The number of rotatable bonds is 9. The van der Waals surface area contributed by atoms with Crippen molar-refractivity contribution < 1.29 is 5.11 Å². The van der Waals surface area contributed by atoms with Gasteiger partial charge < -0.3 is 10.1 Å².